The van der Waals surface area contributed by atoms with Gasteiger partial charge in [-0.25, -0.2) is 4.98 Å². The van der Waals surface area contributed by atoms with E-state index in [1.807, 2.05) is 0 Å². The second-order valence-electron chi connectivity index (χ2n) is 3.21. The fourth-order valence-corrected chi connectivity index (χ4v) is 2.50. The smallest absolute Gasteiger partial charge is 0.255 e. The first-order valence-corrected chi connectivity index (χ1v) is 5.76. The molecule has 1 aliphatic rings. The van der Waals surface area contributed by atoms with Crippen molar-refractivity contribution in [3.8, 4) is 0 Å². The number of rotatable bonds is 2. The molecule has 0 saturated heterocycles. The summed E-state index contributed by atoms with van der Waals surface area (Å²) in [7, 11) is 0. The van der Waals surface area contributed by atoms with Crippen molar-refractivity contribution in [1.82, 2.24) is 9.97 Å². The van der Waals surface area contributed by atoms with E-state index in [4.69, 9.17) is 5.11 Å². The van der Waals surface area contributed by atoms with Gasteiger partial charge in [0, 0.05) is 17.7 Å². The highest BCUT2D eigenvalue weighted by molar-refractivity contribution is 7.98. The Bertz CT molecular complexity index is 389. The number of thioether (sulfide) groups is 1. The van der Waals surface area contributed by atoms with E-state index in [2.05, 4.69) is 9.97 Å². The van der Waals surface area contributed by atoms with Crippen LogP contribution >= 0.6 is 11.8 Å². The molecule has 0 aromatic carbocycles. The minimum absolute atomic E-state index is 0.0243. The lowest BCUT2D eigenvalue weighted by Gasteiger charge is -2.13. The summed E-state index contributed by atoms with van der Waals surface area (Å²) in [6, 6.07) is 0. The van der Waals surface area contributed by atoms with Crippen LogP contribution in [0.25, 0.3) is 0 Å². The number of aryl methyl sites for hydroxylation is 1. The molecule has 4 nitrogen and oxygen atoms in total. The molecule has 0 saturated carbocycles. The van der Waals surface area contributed by atoms with Crippen LogP contribution in [0, 0.1) is 0 Å². The second kappa shape index (κ2) is 4.14. The molecule has 1 aromatic rings. The van der Waals surface area contributed by atoms with Gasteiger partial charge < -0.3 is 10.1 Å². The van der Waals surface area contributed by atoms with Crippen molar-refractivity contribution in [2.75, 3.05) is 12.4 Å². The Balaban J connectivity index is 2.41. The lowest BCUT2D eigenvalue weighted by Crippen LogP contribution is -2.23. The third kappa shape index (κ3) is 1.83. The summed E-state index contributed by atoms with van der Waals surface area (Å²) in [5.74, 6) is 2.39. The van der Waals surface area contributed by atoms with Crippen LogP contribution in [0.4, 0.5) is 0 Å². The van der Waals surface area contributed by atoms with E-state index in [-0.39, 0.29) is 12.2 Å². The average molecular weight is 212 g/mol. The number of aliphatic hydroxyl groups is 1. The number of hydrogen-bond acceptors (Lipinski definition) is 4. The molecule has 76 valence electrons. The number of fused-ring (bicyclic) bond motifs is 1. The number of hydrogen-bond donors (Lipinski definition) is 2. The van der Waals surface area contributed by atoms with E-state index in [0.717, 1.165) is 29.2 Å². The molecular weight excluding hydrogens is 200 g/mol. The van der Waals surface area contributed by atoms with Gasteiger partial charge in [-0.05, 0) is 12.2 Å². The molecule has 2 rings (SSSR count). The molecule has 0 amide bonds. The highest BCUT2D eigenvalue weighted by atomic mass is 32.2. The first-order valence-electron chi connectivity index (χ1n) is 4.61. The highest BCUT2D eigenvalue weighted by Gasteiger charge is 2.15. The quantitative estimate of drug-likeness (QED) is 0.729. The molecule has 1 aliphatic heterocycles. The summed E-state index contributed by atoms with van der Waals surface area (Å²) in [4.78, 5) is 18.6. The van der Waals surface area contributed by atoms with E-state index in [1.165, 1.54) is 0 Å². The molecule has 2 N–H and O–H groups in total. The second-order valence-corrected chi connectivity index (χ2v) is 4.32. The van der Waals surface area contributed by atoms with Gasteiger partial charge in [0.1, 0.15) is 5.82 Å². The zero-order chi connectivity index (χ0) is 9.97. The largest absolute Gasteiger partial charge is 0.396 e. The molecule has 0 radical (unpaired) electrons. The zero-order valence-corrected chi connectivity index (χ0v) is 8.56. The van der Waals surface area contributed by atoms with Crippen molar-refractivity contribution in [3.63, 3.8) is 0 Å². The van der Waals surface area contributed by atoms with E-state index >= 15 is 0 Å². The molecule has 14 heavy (non-hydrogen) atoms. The molecule has 0 atom stereocenters. The van der Waals surface area contributed by atoms with Gasteiger partial charge in [-0.2, -0.15) is 11.8 Å². The SMILES string of the molecule is O=c1[nH]c(CCO)nc2c1CSCC2. The van der Waals surface area contributed by atoms with Crippen LogP contribution in [0.15, 0.2) is 4.79 Å². The fourth-order valence-electron chi connectivity index (χ4n) is 1.52. The van der Waals surface area contributed by atoms with Crippen molar-refractivity contribution < 1.29 is 5.11 Å². The molecule has 0 unspecified atom stereocenters. The minimum Gasteiger partial charge on any atom is -0.396 e. The molecule has 5 heteroatoms. The predicted molar refractivity (Wildman–Crippen MR) is 55.5 cm³/mol. The first kappa shape index (κ1) is 9.73. The van der Waals surface area contributed by atoms with Crippen LogP contribution in [0.5, 0.6) is 0 Å². The Hall–Kier alpha value is -0.810. The minimum atomic E-state index is -0.0364. The molecular formula is C9H12N2O2S. The van der Waals surface area contributed by atoms with E-state index in [1.54, 1.807) is 11.8 Å². The van der Waals surface area contributed by atoms with Crippen molar-refractivity contribution in [2.45, 2.75) is 18.6 Å². The molecule has 0 spiro atoms. The Morgan fingerprint density at radius 3 is 3.21 bits per heavy atom. The molecule has 2 heterocycles. The topological polar surface area (TPSA) is 66.0 Å². The summed E-state index contributed by atoms with van der Waals surface area (Å²) in [6.45, 7) is 0.0243. The molecule has 1 aromatic heterocycles. The van der Waals surface area contributed by atoms with Crippen LogP contribution in [-0.4, -0.2) is 27.4 Å². The van der Waals surface area contributed by atoms with E-state index in [0.29, 0.717) is 12.2 Å². The van der Waals surface area contributed by atoms with Crippen molar-refractivity contribution in [2.24, 2.45) is 0 Å². The number of aromatic amines is 1. The number of aliphatic hydroxyl groups excluding tert-OH is 1. The summed E-state index contributed by atoms with van der Waals surface area (Å²) < 4.78 is 0. The van der Waals surface area contributed by atoms with Gasteiger partial charge in [-0.1, -0.05) is 0 Å². The average Bonchev–Trinajstić information content (AvgIpc) is 2.18. The van der Waals surface area contributed by atoms with Crippen LogP contribution in [0.2, 0.25) is 0 Å². The maximum absolute atomic E-state index is 11.6. The zero-order valence-electron chi connectivity index (χ0n) is 7.75. The van der Waals surface area contributed by atoms with Crippen molar-refractivity contribution in [3.05, 3.63) is 27.4 Å². The van der Waals surface area contributed by atoms with Gasteiger partial charge in [0.05, 0.1) is 12.3 Å². The molecule has 0 bridgehead atoms. The first-order chi connectivity index (χ1) is 6.81. The predicted octanol–water partition coefficient (Wildman–Crippen LogP) is 0.0940. The molecule has 0 fully saturated rings. The standard InChI is InChI=1S/C9H12N2O2S/c12-3-1-8-10-7-2-4-14-5-6(7)9(13)11-8/h12H,1-5H2,(H,10,11,13). The van der Waals surface area contributed by atoms with Crippen LogP contribution < -0.4 is 5.56 Å². The Labute approximate surface area is 85.8 Å². The summed E-state index contributed by atoms with van der Waals surface area (Å²) >= 11 is 1.76. The van der Waals surface area contributed by atoms with Gasteiger partial charge in [0.2, 0.25) is 0 Å². The lowest BCUT2D eigenvalue weighted by atomic mass is 10.2. The lowest BCUT2D eigenvalue weighted by molar-refractivity contribution is 0.296. The Morgan fingerprint density at radius 1 is 1.57 bits per heavy atom. The summed E-state index contributed by atoms with van der Waals surface area (Å²) in [5, 5.41) is 8.75. The van der Waals surface area contributed by atoms with E-state index in [9.17, 15) is 4.79 Å². The number of nitrogens with zero attached hydrogens (tertiary/aromatic N) is 1. The maximum atomic E-state index is 11.6. The molecule has 0 aliphatic carbocycles. The van der Waals surface area contributed by atoms with Gasteiger partial charge in [-0.15, -0.1) is 0 Å². The monoisotopic (exact) mass is 212 g/mol. The Morgan fingerprint density at radius 2 is 2.43 bits per heavy atom. The third-order valence-electron chi connectivity index (χ3n) is 2.23. The number of nitrogens with one attached hydrogen (secondary N) is 1. The van der Waals surface area contributed by atoms with Crippen LogP contribution in [-0.2, 0) is 18.6 Å². The maximum Gasteiger partial charge on any atom is 0.255 e. The normalized spacial score (nSPS) is 15.2. The van der Waals surface area contributed by atoms with Gasteiger partial charge in [0.25, 0.3) is 5.56 Å². The fraction of sp³-hybridized carbons (Fsp3) is 0.556. The third-order valence-corrected chi connectivity index (χ3v) is 3.21. The van der Waals surface area contributed by atoms with Gasteiger partial charge in [0.15, 0.2) is 0 Å². The van der Waals surface area contributed by atoms with Gasteiger partial charge in [-0.3, -0.25) is 4.79 Å². The van der Waals surface area contributed by atoms with Crippen LogP contribution in [0.1, 0.15) is 17.1 Å². The number of H-pyrrole nitrogens is 1. The van der Waals surface area contributed by atoms with Crippen molar-refractivity contribution in [1.29, 1.82) is 0 Å². The highest BCUT2D eigenvalue weighted by Crippen LogP contribution is 2.19. The number of aromatic nitrogens is 2. The summed E-state index contributed by atoms with van der Waals surface area (Å²) in [5.41, 5.74) is 1.68. The Kier molecular flexibility index (Phi) is 2.88. The van der Waals surface area contributed by atoms with Crippen molar-refractivity contribution >= 4 is 11.8 Å². The van der Waals surface area contributed by atoms with Crippen LogP contribution in [0.3, 0.4) is 0 Å². The van der Waals surface area contributed by atoms with Gasteiger partial charge >= 0.3 is 0 Å². The summed E-state index contributed by atoms with van der Waals surface area (Å²) in [6.07, 6.45) is 1.29. The van der Waals surface area contributed by atoms with E-state index < -0.39 is 0 Å².